The summed E-state index contributed by atoms with van der Waals surface area (Å²) in [4.78, 5) is 12.5. The number of thiocarbonyl (C=S) groups is 1. The quantitative estimate of drug-likeness (QED) is 0.504. The van der Waals surface area contributed by atoms with E-state index in [9.17, 15) is 4.79 Å². The highest BCUT2D eigenvalue weighted by Crippen LogP contribution is 2.26. The molecule has 0 aliphatic heterocycles. The van der Waals surface area contributed by atoms with Crippen LogP contribution in [-0.2, 0) is 4.79 Å². The molecule has 0 spiro atoms. The molecule has 1 fully saturated rings. The molecule has 0 aromatic rings. The first-order chi connectivity index (χ1) is 9.65. The van der Waals surface area contributed by atoms with Gasteiger partial charge in [0, 0.05) is 6.42 Å². The van der Waals surface area contributed by atoms with Gasteiger partial charge >= 0.3 is 0 Å². The molecule has 1 atom stereocenters. The fourth-order valence-corrected chi connectivity index (χ4v) is 3.27. The minimum Gasteiger partial charge on any atom is -0.392 e. The summed E-state index contributed by atoms with van der Waals surface area (Å²) in [6.45, 7) is 2.20. The van der Waals surface area contributed by atoms with Crippen molar-refractivity contribution in [1.29, 1.82) is 0 Å². The van der Waals surface area contributed by atoms with E-state index in [-0.39, 0.29) is 11.9 Å². The molecule has 1 saturated carbocycles. The Morgan fingerprint density at radius 3 is 2.45 bits per heavy atom. The van der Waals surface area contributed by atoms with Crippen LogP contribution in [0.3, 0.4) is 0 Å². The predicted octanol–water partition coefficient (Wildman–Crippen LogP) is 3.70. The first kappa shape index (κ1) is 17.4. The van der Waals surface area contributed by atoms with Gasteiger partial charge < -0.3 is 11.1 Å². The SMILES string of the molecule is CCCCCCCC(=O)NC(C(N)=S)C1CCCCC1. The van der Waals surface area contributed by atoms with Crippen molar-refractivity contribution in [2.45, 2.75) is 83.6 Å². The molecule has 116 valence electrons. The number of carbonyl (C=O) groups is 1. The van der Waals surface area contributed by atoms with Gasteiger partial charge in [0.2, 0.25) is 5.91 Å². The van der Waals surface area contributed by atoms with Gasteiger partial charge in [0.1, 0.15) is 0 Å². The van der Waals surface area contributed by atoms with E-state index in [0.29, 0.717) is 17.3 Å². The number of nitrogens with one attached hydrogen (secondary N) is 1. The summed E-state index contributed by atoms with van der Waals surface area (Å²) in [7, 11) is 0. The van der Waals surface area contributed by atoms with E-state index < -0.39 is 0 Å². The molecule has 20 heavy (non-hydrogen) atoms. The Bertz CT molecular complexity index is 301. The second-order valence-corrected chi connectivity index (χ2v) is 6.48. The Labute approximate surface area is 129 Å². The highest BCUT2D eigenvalue weighted by molar-refractivity contribution is 7.80. The zero-order valence-corrected chi connectivity index (χ0v) is 13.6. The van der Waals surface area contributed by atoms with Gasteiger partial charge in [-0.15, -0.1) is 0 Å². The third-order valence-electron chi connectivity index (χ3n) is 4.25. The Hall–Kier alpha value is -0.640. The average molecular weight is 298 g/mol. The molecule has 1 unspecified atom stereocenters. The van der Waals surface area contributed by atoms with Crippen molar-refractivity contribution in [2.24, 2.45) is 11.7 Å². The van der Waals surface area contributed by atoms with E-state index in [2.05, 4.69) is 12.2 Å². The molecule has 3 nitrogen and oxygen atoms in total. The van der Waals surface area contributed by atoms with Crippen LogP contribution in [-0.4, -0.2) is 16.9 Å². The van der Waals surface area contributed by atoms with Gasteiger partial charge in [-0.25, -0.2) is 0 Å². The maximum atomic E-state index is 12.0. The van der Waals surface area contributed by atoms with E-state index in [1.54, 1.807) is 0 Å². The number of hydrogen-bond acceptors (Lipinski definition) is 2. The van der Waals surface area contributed by atoms with Gasteiger partial charge in [-0.3, -0.25) is 4.79 Å². The van der Waals surface area contributed by atoms with Crippen molar-refractivity contribution in [1.82, 2.24) is 5.32 Å². The number of unbranched alkanes of at least 4 members (excludes halogenated alkanes) is 4. The number of rotatable bonds is 9. The van der Waals surface area contributed by atoms with Crippen molar-refractivity contribution < 1.29 is 4.79 Å². The Balaban J connectivity index is 2.29. The lowest BCUT2D eigenvalue weighted by Crippen LogP contribution is -2.48. The number of carbonyl (C=O) groups excluding carboxylic acids is 1. The van der Waals surface area contributed by atoms with Crippen molar-refractivity contribution in [3.8, 4) is 0 Å². The first-order valence-corrected chi connectivity index (χ1v) is 8.64. The lowest BCUT2D eigenvalue weighted by molar-refractivity contribution is -0.121. The highest BCUT2D eigenvalue weighted by atomic mass is 32.1. The summed E-state index contributed by atoms with van der Waals surface area (Å²) in [6, 6.07) is -0.0894. The van der Waals surface area contributed by atoms with Crippen LogP contribution in [0.4, 0.5) is 0 Å². The monoisotopic (exact) mass is 298 g/mol. The van der Waals surface area contributed by atoms with Gasteiger partial charge in [-0.1, -0.05) is 64.1 Å². The smallest absolute Gasteiger partial charge is 0.220 e. The lowest BCUT2D eigenvalue weighted by atomic mass is 9.83. The van der Waals surface area contributed by atoms with Crippen LogP contribution in [0.2, 0.25) is 0 Å². The Kier molecular flexibility index (Phi) is 8.83. The fraction of sp³-hybridized carbons (Fsp3) is 0.875. The second-order valence-electron chi connectivity index (χ2n) is 6.01. The van der Waals surface area contributed by atoms with Crippen molar-refractivity contribution >= 4 is 23.1 Å². The molecule has 1 rings (SSSR count). The number of nitrogens with two attached hydrogens (primary N) is 1. The van der Waals surface area contributed by atoms with Gasteiger partial charge in [0.05, 0.1) is 11.0 Å². The molecular formula is C16H30N2OS. The minimum absolute atomic E-state index is 0.0894. The lowest BCUT2D eigenvalue weighted by Gasteiger charge is -2.30. The zero-order chi connectivity index (χ0) is 14.8. The van der Waals surface area contributed by atoms with E-state index >= 15 is 0 Å². The van der Waals surface area contributed by atoms with Crippen LogP contribution in [0.25, 0.3) is 0 Å². The first-order valence-electron chi connectivity index (χ1n) is 8.23. The zero-order valence-electron chi connectivity index (χ0n) is 12.8. The van der Waals surface area contributed by atoms with E-state index in [1.165, 1.54) is 38.5 Å². The van der Waals surface area contributed by atoms with Gasteiger partial charge in [-0.2, -0.15) is 0 Å². The topological polar surface area (TPSA) is 55.1 Å². The Morgan fingerprint density at radius 2 is 1.85 bits per heavy atom. The van der Waals surface area contributed by atoms with Crippen LogP contribution in [0.5, 0.6) is 0 Å². The van der Waals surface area contributed by atoms with E-state index in [0.717, 1.165) is 25.7 Å². The summed E-state index contributed by atoms with van der Waals surface area (Å²) in [5, 5.41) is 3.07. The summed E-state index contributed by atoms with van der Waals surface area (Å²) in [6.07, 6.45) is 12.5. The van der Waals surface area contributed by atoms with Gasteiger partial charge in [0.15, 0.2) is 0 Å². The molecule has 1 aliphatic rings. The van der Waals surface area contributed by atoms with Crippen LogP contribution < -0.4 is 11.1 Å². The predicted molar refractivity (Wildman–Crippen MR) is 88.7 cm³/mol. The van der Waals surface area contributed by atoms with Crippen LogP contribution >= 0.6 is 12.2 Å². The summed E-state index contributed by atoms with van der Waals surface area (Å²) in [5.74, 6) is 0.565. The minimum atomic E-state index is -0.0894. The van der Waals surface area contributed by atoms with Gasteiger partial charge in [-0.05, 0) is 25.2 Å². The molecule has 0 radical (unpaired) electrons. The summed E-state index contributed by atoms with van der Waals surface area (Å²) >= 11 is 5.15. The van der Waals surface area contributed by atoms with Crippen molar-refractivity contribution in [2.75, 3.05) is 0 Å². The second kappa shape index (κ2) is 10.1. The molecule has 3 N–H and O–H groups in total. The molecule has 1 amide bonds. The molecule has 1 aliphatic carbocycles. The van der Waals surface area contributed by atoms with Crippen LogP contribution in [0.1, 0.15) is 77.6 Å². The highest BCUT2D eigenvalue weighted by Gasteiger charge is 2.26. The molecular weight excluding hydrogens is 268 g/mol. The largest absolute Gasteiger partial charge is 0.392 e. The number of amides is 1. The molecule has 0 aromatic heterocycles. The van der Waals surface area contributed by atoms with Crippen molar-refractivity contribution in [3.05, 3.63) is 0 Å². The fourth-order valence-electron chi connectivity index (χ4n) is 3.02. The summed E-state index contributed by atoms with van der Waals surface area (Å²) < 4.78 is 0. The van der Waals surface area contributed by atoms with Crippen LogP contribution in [0, 0.1) is 5.92 Å². The maximum absolute atomic E-state index is 12.0. The maximum Gasteiger partial charge on any atom is 0.220 e. The molecule has 0 saturated heterocycles. The average Bonchev–Trinajstić information content (AvgIpc) is 2.45. The third kappa shape index (κ3) is 6.69. The molecule has 0 heterocycles. The van der Waals surface area contributed by atoms with Gasteiger partial charge in [0.25, 0.3) is 0 Å². The normalized spacial score (nSPS) is 17.6. The van der Waals surface area contributed by atoms with E-state index in [4.69, 9.17) is 18.0 Å². The standard InChI is InChI=1S/C16H30N2OS/c1-2-3-4-5-9-12-14(19)18-15(16(17)20)13-10-7-6-8-11-13/h13,15H,2-12H2,1H3,(H2,17,20)(H,18,19). The number of hydrogen-bond donors (Lipinski definition) is 2. The van der Waals surface area contributed by atoms with Crippen molar-refractivity contribution in [3.63, 3.8) is 0 Å². The van der Waals surface area contributed by atoms with Crippen LogP contribution in [0.15, 0.2) is 0 Å². The Morgan fingerprint density at radius 1 is 1.20 bits per heavy atom. The summed E-state index contributed by atoms with van der Waals surface area (Å²) in [5.41, 5.74) is 5.83. The third-order valence-corrected chi connectivity index (χ3v) is 4.51. The molecule has 0 bridgehead atoms. The molecule has 4 heteroatoms. The molecule has 0 aromatic carbocycles. The van der Waals surface area contributed by atoms with E-state index in [1.807, 2.05) is 0 Å².